The van der Waals surface area contributed by atoms with Crippen LogP contribution in [0.4, 0.5) is 17.1 Å². The Balaban J connectivity index is 1.39. The van der Waals surface area contributed by atoms with E-state index in [0.717, 1.165) is 57.0 Å². The van der Waals surface area contributed by atoms with Crippen LogP contribution in [0.1, 0.15) is 5.56 Å². The summed E-state index contributed by atoms with van der Waals surface area (Å²) >= 11 is 0. The van der Waals surface area contributed by atoms with Crippen LogP contribution in [0.15, 0.2) is 139 Å². The highest BCUT2D eigenvalue weighted by Gasteiger charge is 2.28. The molecule has 7 aromatic rings. The van der Waals surface area contributed by atoms with Gasteiger partial charge in [-0.2, -0.15) is 0 Å². The number of benzene rings is 5. The van der Waals surface area contributed by atoms with Gasteiger partial charge < -0.3 is 4.90 Å². The summed E-state index contributed by atoms with van der Waals surface area (Å²) in [5.74, 6) is 0. The number of fused-ring (bicyclic) bond motifs is 6. The highest BCUT2D eigenvalue weighted by Crippen LogP contribution is 2.51. The minimum atomic E-state index is 0.721. The number of hydrogen-bond acceptors (Lipinski definition) is 4. The normalized spacial score (nSPS) is 12.2. The van der Waals surface area contributed by atoms with Crippen molar-refractivity contribution in [3.63, 3.8) is 0 Å². The molecule has 4 nitrogen and oxygen atoms in total. The molecule has 0 unspecified atom stereocenters. The van der Waals surface area contributed by atoms with Crippen molar-refractivity contribution in [1.29, 1.82) is 0 Å². The van der Waals surface area contributed by atoms with Crippen molar-refractivity contribution >= 4 is 45.3 Å². The van der Waals surface area contributed by atoms with Crippen LogP contribution in [0, 0.1) is 0 Å². The second-order valence-electron chi connectivity index (χ2n) is 10.5. The molecule has 8 rings (SSSR count). The number of aliphatic imine (C=N–C) groups is 1. The molecule has 0 radical (unpaired) electrons. The molecule has 0 N–H and O–H groups in total. The number of anilines is 2. The fraction of sp³-hybridized carbons (Fsp3) is 0.0263. The summed E-state index contributed by atoms with van der Waals surface area (Å²) < 4.78 is 0. The molecule has 0 bridgehead atoms. The van der Waals surface area contributed by atoms with Crippen molar-refractivity contribution in [3.8, 4) is 33.8 Å². The lowest BCUT2D eigenvalue weighted by atomic mass is 9.90. The molecule has 0 fully saturated rings. The van der Waals surface area contributed by atoms with Crippen molar-refractivity contribution in [2.75, 3.05) is 4.90 Å². The van der Waals surface area contributed by atoms with Gasteiger partial charge in [0, 0.05) is 34.6 Å². The standard InChI is InChI=1S/C38H26N4/c1-39-37-31-15-6-4-13-28(31)29-14-5-7-16-32(29)38(37)42-24-26-11-2-3-12-27(26)30-21-20-25(23-36(30)42)33-18-10-19-35(41-33)34-17-8-9-22-40-34/h2-23H,1,24H2. The number of nitrogens with zero attached hydrogens (tertiary/aromatic N) is 4. The largest absolute Gasteiger partial charge is 0.334 e. The lowest BCUT2D eigenvalue weighted by molar-refractivity contribution is 0.967. The highest BCUT2D eigenvalue weighted by atomic mass is 15.2. The number of hydrogen-bond donors (Lipinski definition) is 0. The predicted molar refractivity (Wildman–Crippen MR) is 175 cm³/mol. The average Bonchev–Trinajstić information content (AvgIpc) is 3.07. The molecule has 0 saturated heterocycles. The van der Waals surface area contributed by atoms with Gasteiger partial charge in [-0.1, -0.05) is 97.1 Å². The number of aromatic nitrogens is 2. The van der Waals surface area contributed by atoms with Crippen LogP contribution in [0.5, 0.6) is 0 Å². The summed E-state index contributed by atoms with van der Waals surface area (Å²) in [6.45, 7) is 4.78. The Labute approximate surface area is 244 Å². The minimum Gasteiger partial charge on any atom is -0.334 e. The first kappa shape index (κ1) is 24.2. The Morgan fingerprint density at radius 3 is 2.10 bits per heavy atom. The summed E-state index contributed by atoms with van der Waals surface area (Å²) in [4.78, 5) is 16.6. The third-order valence-electron chi connectivity index (χ3n) is 8.20. The SMILES string of the molecule is C=Nc1c(N2Cc3ccccc3-c3ccc(-c4cccc(-c5ccccn5)n4)cc32)c2ccccc2c2ccccc12. The summed E-state index contributed by atoms with van der Waals surface area (Å²) in [6, 6.07) is 44.5. The Morgan fingerprint density at radius 1 is 0.595 bits per heavy atom. The van der Waals surface area contributed by atoms with E-state index in [4.69, 9.17) is 4.98 Å². The molecule has 0 saturated carbocycles. The monoisotopic (exact) mass is 538 g/mol. The minimum absolute atomic E-state index is 0.721. The zero-order valence-electron chi connectivity index (χ0n) is 22.9. The van der Waals surface area contributed by atoms with E-state index in [1.807, 2.05) is 24.3 Å². The Morgan fingerprint density at radius 2 is 1.29 bits per heavy atom. The molecular formula is C38H26N4. The van der Waals surface area contributed by atoms with Crippen LogP contribution in [0.2, 0.25) is 0 Å². The lowest BCUT2D eigenvalue weighted by Gasteiger charge is -2.35. The van der Waals surface area contributed by atoms with Crippen LogP contribution >= 0.6 is 0 Å². The van der Waals surface area contributed by atoms with Crippen LogP contribution in [0.25, 0.3) is 55.3 Å². The van der Waals surface area contributed by atoms with Crippen molar-refractivity contribution in [3.05, 3.63) is 139 Å². The van der Waals surface area contributed by atoms with E-state index in [1.165, 1.54) is 27.5 Å². The molecule has 198 valence electrons. The Kier molecular flexibility index (Phi) is 5.64. The lowest BCUT2D eigenvalue weighted by Crippen LogP contribution is -2.22. The van der Waals surface area contributed by atoms with Crippen LogP contribution in [-0.2, 0) is 6.54 Å². The van der Waals surface area contributed by atoms with Gasteiger partial charge in [-0.15, -0.1) is 0 Å². The molecule has 0 amide bonds. The van der Waals surface area contributed by atoms with Crippen LogP contribution in [0.3, 0.4) is 0 Å². The first-order valence-corrected chi connectivity index (χ1v) is 14.1. The van der Waals surface area contributed by atoms with Crippen molar-refractivity contribution in [1.82, 2.24) is 9.97 Å². The number of pyridine rings is 2. The third-order valence-corrected chi connectivity index (χ3v) is 8.20. The average molecular weight is 539 g/mol. The van der Waals surface area contributed by atoms with E-state index < -0.39 is 0 Å². The molecule has 0 atom stereocenters. The van der Waals surface area contributed by atoms with Gasteiger partial charge in [-0.25, -0.2) is 4.98 Å². The van der Waals surface area contributed by atoms with Gasteiger partial charge in [0.2, 0.25) is 0 Å². The van der Waals surface area contributed by atoms with E-state index >= 15 is 0 Å². The Hall–Kier alpha value is -5.61. The molecule has 3 heterocycles. The third kappa shape index (κ3) is 3.80. The molecule has 42 heavy (non-hydrogen) atoms. The summed E-state index contributed by atoms with van der Waals surface area (Å²) in [7, 11) is 0. The fourth-order valence-corrected chi connectivity index (χ4v) is 6.31. The second-order valence-corrected chi connectivity index (χ2v) is 10.5. The topological polar surface area (TPSA) is 41.4 Å². The molecular weight excluding hydrogens is 512 g/mol. The maximum absolute atomic E-state index is 5.02. The zero-order chi connectivity index (χ0) is 28.0. The van der Waals surface area contributed by atoms with E-state index in [0.29, 0.717) is 0 Å². The molecule has 1 aliphatic rings. The van der Waals surface area contributed by atoms with Crippen molar-refractivity contribution < 1.29 is 0 Å². The van der Waals surface area contributed by atoms with Gasteiger partial charge in [0.1, 0.15) is 0 Å². The van der Waals surface area contributed by atoms with E-state index in [9.17, 15) is 0 Å². The Bertz CT molecular complexity index is 2150. The van der Waals surface area contributed by atoms with Crippen molar-refractivity contribution in [2.45, 2.75) is 6.54 Å². The van der Waals surface area contributed by atoms with Gasteiger partial charge in [-0.3, -0.25) is 9.98 Å². The smallest absolute Gasteiger partial charge is 0.0944 e. The first-order chi connectivity index (χ1) is 20.8. The second kappa shape index (κ2) is 9.79. The van der Waals surface area contributed by atoms with Gasteiger partial charge in [0.05, 0.1) is 34.1 Å². The molecule has 1 aliphatic heterocycles. The summed E-state index contributed by atoms with van der Waals surface area (Å²) in [5, 5.41) is 4.64. The van der Waals surface area contributed by atoms with Gasteiger partial charge in [0.25, 0.3) is 0 Å². The molecule has 0 aliphatic carbocycles. The summed E-state index contributed by atoms with van der Waals surface area (Å²) in [6.07, 6.45) is 1.80. The maximum Gasteiger partial charge on any atom is 0.0944 e. The van der Waals surface area contributed by atoms with Gasteiger partial charge >= 0.3 is 0 Å². The zero-order valence-corrected chi connectivity index (χ0v) is 22.9. The van der Waals surface area contributed by atoms with Crippen molar-refractivity contribution in [2.24, 2.45) is 4.99 Å². The van der Waals surface area contributed by atoms with Gasteiger partial charge in [0.15, 0.2) is 0 Å². The van der Waals surface area contributed by atoms with E-state index in [1.54, 1.807) is 6.20 Å². The summed E-state index contributed by atoms with van der Waals surface area (Å²) in [5.41, 5.74) is 10.5. The van der Waals surface area contributed by atoms with E-state index in [-0.39, 0.29) is 0 Å². The molecule has 0 spiro atoms. The fourth-order valence-electron chi connectivity index (χ4n) is 6.31. The van der Waals surface area contributed by atoms with Crippen LogP contribution < -0.4 is 4.90 Å². The quantitative estimate of drug-likeness (QED) is 0.165. The predicted octanol–water partition coefficient (Wildman–Crippen LogP) is 9.77. The number of rotatable bonds is 4. The van der Waals surface area contributed by atoms with Gasteiger partial charge in [-0.05, 0) is 58.9 Å². The maximum atomic E-state index is 5.02. The molecule has 5 aromatic carbocycles. The highest BCUT2D eigenvalue weighted by molar-refractivity contribution is 6.20. The van der Waals surface area contributed by atoms with Crippen LogP contribution in [-0.4, -0.2) is 16.7 Å². The van der Waals surface area contributed by atoms with E-state index in [2.05, 4.69) is 125 Å². The first-order valence-electron chi connectivity index (χ1n) is 14.1. The molecule has 2 aromatic heterocycles. The molecule has 4 heteroatoms.